The molecule has 4 heteroatoms. The van der Waals surface area contributed by atoms with Crippen LogP contribution in [-0.4, -0.2) is 21.1 Å². The molecule has 22 heavy (non-hydrogen) atoms. The lowest BCUT2D eigenvalue weighted by Gasteiger charge is -2.06. The predicted molar refractivity (Wildman–Crippen MR) is 91.7 cm³/mol. The van der Waals surface area contributed by atoms with Gasteiger partial charge in [0.05, 0.1) is 16.8 Å². The van der Waals surface area contributed by atoms with Crippen LogP contribution in [0.25, 0.3) is 11.0 Å². The Balaban J connectivity index is 1.79. The van der Waals surface area contributed by atoms with E-state index in [1.165, 1.54) is 17.3 Å². The number of nitrogens with zero attached hydrogens (tertiary/aromatic N) is 2. The standard InChI is InChI=1S/C18H18N2OS/c1-12-8-9-14(13(2)10-12)17(21)11-22-18-19-15-6-4-5-7-16(15)20(18)3/h4-10H,11H2,1-3H3. The summed E-state index contributed by atoms with van der Waals surface area (Å²) >= 11 is 1.49. The number of ketones is 1. The predicted octanol–water partition coefficient (Wildman–Crippen LogP) is 4.17. The van der Waals surface area contributed by atoms with E-state index in [1.807, 2.05) is 67.9 Å². The van der Waals surface area contributed by atoms with Gasteiger partial charge in [0.1, 0.15) is 0 Å². The number of Topliss-reactive ketones (excluding diaryl/α,β-unsaturated/α-hetero) is 1. The van der Waals surface area contributed by atoms with E-state index in [4.69, 9.17) is 0 Å². The van der Waals surface area contributed by atoms with Crippen molar-refractivity contribution in [1.29, 1.82) is 0 Å². The molecule has 1 heterocycles. The van der Waals surface area contributed by atoms with E-state index in [2.05, 4.69) is 4.98 Å². The minimum Gasteiger partial charge on any atom is -0.322 e. The average molecular weight is 310 g/mol. The van der Waals surface area contributed by atoms with Crippen LogP contribution >= 0.6 is 11.8 Å². The maximum absolute atomic E-state index is 12.4. The number of hydrogen-bond donors (Lipinski definition) is 0. The number of rotatable bonds is 4. The molecule has 0 saturated carbocycles. The Morgan fingerprint density at radius 3 is 2.68 bits per heavy atom. The molecule has 0 radical (unpaired) electrons. The molecule has 112 valence electrons. The first-order chi connectivity index (χ1) is 10.6. The second-order valence-electron chi connectivity index (χ2n) is 5.47. The molecule has 0 fully saturated rings. The number of carbonyl (C=O) groups excluding carboxylic acids is 1. The Hall–Kier alpha value is -2.07. The Labute approximate surface area is 134 Å². The van der Waals surface area contributed by atoms with Gasteiger partial charge in [0.2, 0.25) is 0 Å². The molecule has 3 rings (SSSR count). The molecule has 0 atom stereocenters. The van der Waals surface area contributed by atoms with Gasteiger partial charge in [-0.15, -0.1) is 0 Å². The molecule has 0 amide bonds. The molecular formula is C18H18N2OS. The average Bonchev–Trinajstić information content (AvgIpc) is 2.82. The third-order valence-corrected chi connectivity index (χ3v) is 4.79. The number of fused-ring (bicyclic) bond motifs is 1. The highest BCUT2D eigenvalue weighted by molar-refractivity contribution is 7.99. The van der Waals surface area contributed by atoms with Crippen LogP contribution in [0, 0.1) is 13.8 Å². The van der Waals surface area contributed by atoms with Crippen molar-refractivity contribution in [2.24, 2.45) is 7.05 Å². The van der Waals surface area contributed by atoms with Gasteiger partial charge in [0.15, 0.2) is 10.9 Å². The zero-order chi connectivity index (χ0) is 15.7. The topological polar surface area (TPSA) is 34.9 Å². The minimum absolute atomic E-state index is 0.148. The summed E-state index contributed by atoms with van der Waals surface area (Å²) in [6, 6.07) is 14.0. The van der Waals surface area contributed by atoms with Gasteiger partial charge in [-0.2, -0.15) is 0 Å². The second kappa shape index (κ2) is 5.97. The molecular weight excluding hydrogens is 292 g/mol. The van der Waals surface area contributed by atoms with Crippen LogP contribution in [0.15, 0.2) is 47.6 Å². The Morgan fingerprint density at radius 2 is 1.95 bits per heavy atom. The Kier molecular flexibility index (Phi) is 4.03. The number of para-hydroxylation sites is 2. The summed E-state index contributed by atoms with van der Waals surface area (Å²) in [5, 5.41) is 0.874. The van der Waals surface area contributed by atoms with Gasteiger partial charge >= 0.3 is 0 Å². The molecule has 3 aromatic rings. The molecule has 0 saturated heterocycles. The lowest BCUT2D eigenvalue weighted by molar-refractivity contribution is 0.102. The normalized spacial score (nSPS) is 11.0. The number of aromatic nitrogens is 2. The van der Waals surface area contributed by atoms with E-state index in [9.17, 15) is 4.79 Å². The van der Waals surface area contributed by atoms with Crippen molar-refractivity contribution in [2.45, 2.75) is 19.0 Å². The zero-order valence-electron chi connectivity index (χ0n) is 13.0. The second-order valence-corrected chi connectivity index (χ2v) is 6.41. The number of carbonyl (C=O) groups is 1. The summed E-state index contributed by atoms with van der Waals surface area (Å²) in [7, 11) is 1.99. The molecule has 0 aliphatic rings. The van der Waals surface area contributed by atoms with Crippen LogP contribution < -0.4 is 0 Å². The van der Waals surface area contributed by atoms with Crippen molar-refractivity contribution in [3.05, 3.63) is 59.2 Å². The minimum atomic E-state index is 0.148. The molecule has 0 unspecified atom stereocenters. The third-order valence-electron chi connectivity index (χ3n) is 3.76. The van der Waals surface area contributed by atoms with Crippen molar-refractivity contribution < 1.29 is 4.79 Å². The van der Waals surface area contributed by atoms with Gasteiger partial charge in [0, 0.05) is 12.6 Å². The molecule has 1 aromatic heterocycles. The molecule has 0 N–H and O–H groups in total. The highest BCUT2D eigenvalue weighted by Gasteiger charge is 2.13. The zero-order valence-corrected chi connectivity index (χ0v) is 13.8. The summed E-state index contributed by atoms with van der Waals surface area (Å²) in [6.45, 7) is 4.02. The van der Waals surface area contributed by atoms with Crippen molar-refractivity contribution in [3.8, 4) is 0 Å². The summed E-state index contributed by atoms with van der Waals surface area (Å²) in [4.78, 5) is 17.0. The van der Waals surface area contributed by atoms with Crippen LogP contribution in [0.3, 0.4) is 0 Å². The van der Waals surface area contributed by atoms with Crippen molar-refractivity contribution >= 4 is 28.6 Å². The van der Waals surface area contributed by atoms with Crippen LogP contribution in [-0.2, 0) is 7.05 Å². The first-order valence-corrected chi connectivity index (χ1v) is 8.19. The molecule has 0 aliphatic heterocycles. The number of benzene rings is 2. The fraction of sp³-hybridized carbons (Fsp3) is 0.222. The molecule has 3 nitrogen and oxygen atoms in total. The number of thioether (sulfide) groups is 1. The lowest BCUT2D eigenvalue weighted by Crippen LogP contribution is -2.06. The molecule has 0 spiro atoms. The van der Waals surface area contributed by atoms with Crippen LogP contribution in [0.5, 0.6) is 0 Å². The summed E-state index contributed by atoms with van der Waals surface area (Å²) in [6.07, 6.45) is 0. The lowest BCUT2D eigenvalue weighted by atomic mass is 10.0. The highest BCUT2D eigenvalue weighted by atomic mass is 32.2. The third kappa shape index (κ3) is 2.79. The van der Waals surface area contributed by atoms with Gasteiger partial charge in [-0.3, -0.25) is 4.79 Å². The highest BCUT2D eigenvalue weighted by Crippen LogP contribution is 2.24. The van der Waals surface area contributed by atoms with E-state index in [-0.39, 0.29) is 5.78 Å². The fourth-order valence-electron chi connectivity index (χ4n) is 2.59. The van der Waals surface area contributed by atoms with Gasteiger partial charge in [-0.1, -0.05) is 47.7 Å². The van der Waals surface area contributed by atoms with Gasteiger partial charge in [-0.05, 0) is 31.5 Å². The van der Waals surface area contributed by atoms with Gasteiger partial charge in [-0.25, -0.2) is 4.98 Å². The molecule has 2 aromatic carbocycles. The van der Waals surface area contributed by atoms with E-state index in [0.717, 1.165) is 27.3 Å². The quantitative estimate of drug-likeness (QED) is 0.536. The van der Waals surface area contributed by atoms with Crippen molar-refractivity contribution in [3.63, 3.8) is 0 Å². The van der Waals surface area contributed by atoms with Gasteiger partial charge < -0.3 is 4.57 Å². The van der Waals surface area contributed by atoms with Crippen molar-refractivity contribution in [1.82, 2.24) is 9.55 Å². The molecule has 0 bridgehead atoms. The first kappa shape index (κ1) is 14.9. The van der Waals surface area contributed by atoms with E-state index in [1.54, 1.807) is 0 Å². The monoisotopic (exact) mass is 310 g/mol. The SMILES string of the molecule is Cc1ccc(C(=O)CSc2nc3ccccc3n2C)c(C)c1. The van der Waals surface area contributed by atoms with Gasteiger partial charge in [0.25, 0.3) is 0 Å². The first-order valence-electron chi connectivity index (χ1n) is 7.21. The van der Waals surface area contributed by atoms with Crippen LogP contribution in [0.4, 0.5) is 0 Å². The maximum atomic E-state index is 12.4. The van der Waals surface area contributed by atoms with E-state index >= 15 is 0 Å². The summed E-state index contributed by atoms with van der Waals surface area (Å²) in [5.74, 6) is 0.552. The summed E-state index contributed by atoms with van der Waals surface area (Å²) in [5.41, 5.74) is 5.07. The number of aryl methyl sites for hydroxylation is 3. The van der Waals surface area contributed by atoms with E-state index < -0.39 is 0 Å². The maximum Gasteiger partial charge on any atom is 0.173 e. The largest absolute Gasteiger partial charge is 0.322 e. The Bertz CT molecular complexity index is 851. The molecule has 0 aliphatic carbocycles. The van der Waals surface area contributed by atoms with Crippen LogP contribution in [0.1, 0.15) is 21.5 Å². The smallest absolute Gasteiger partial charge is 0.173 e. The fourth-order valence-corrected chi connectivity index (χ4v) is 3.46. The van der Waals surface area contributed by atoms with E-state index in [0.29, 0.717) is 5.75 Å². The van der Waals surface area contributed by atoms with Crippen LogP contribution in [0.2, 0.25) is 0 Å². The Morgan fingerprint density at radius 1 is 1.18 bits per heavy atom. The summed E-state index contributed by atoms with van der Waals surface area (Å²) < 4.78 is 2.04. The number of imidazole rings is 1. The van der Waals surface area contributed by atoms with Crippen molar-refractivity contribution in [2.75, 3.05) is 5.75 Å². The number of hydrogen-bond acceptors (Lipinski definition) is 3.